The molecule has 0 radical (unpaired) electrons. The Labute approximate surface area is 232 Å². The summed E-state index contributed by atoms with van der Waals surface area (Å²) in [5.74, 6) is -1.16. The van der Waals surface area contributed by atoms with Gasteiger partial charge in [-0.3, -0.25) is 9.59 Å². The number of alkyl carbamates (subject to hydrolysis) is 1. The van der Waals surface area contributed by atoms with Crippen molar-refractivity contribution in [2.75, 3.05) is 5.32 Å². The first-order valence-corrected chi connectivity index (χ1v) is 13.2. The van der Waals surface area contributed by atoms with E-state index in [0.717, 1.165) is 24.8 Å². The van der Waals surface area contributed by atoms with Gasteiger partial charge in [-0.15, -0.1) is 0 Å². The Morgan fingerprint density at radius 1 is 1.00 bits per heavy atom. The summed E-state index contributed by atoms with van der Waals surface area (Å²) in [7, 11) is 0. The number of halogens is 1. The molecule has 1 aliphatic carbocycles. The molecule has 1 saturated carbocycles. The fourth-order valence-electron chi connectivity index (χ4n) is 4.67. The zero-order valence-corrected chi connectivity index (χ0v) is 22.8. The minimum atomic E-state index is -0.723. The number of anilines is 1. The average Bonchev–Trinajstić information content (AvgIpc) is 2.85. The van der Waals surface area contributed by atoms with Crippen molar-refractivity contribution in [1.29, 1.82) is 0 Å². The molecule has 3 amide bonds. The largest absolute Gasteiger partial charge is 0.508 e. The maximum atomic E-state index is 13.5. The van der Waals surface area contributed by atoms with Crippen LogP contribution in [0.5, 0.6) is 5.75 Å². The Morgan fingerprint density at radius 2 is 1.70 bits per heavy atom. The molecule has 0 heterocycles. The Morgan fingerprint density at radius 3 is 2.30 bits per heavy atom. The molecule has 1 atom stereocenters. The van der Waals surface area contributed by atoms with Crippen molar-refractivity contribution in [2.24, 2.45) is 0 Å². The molecule has 4 rings (SSSR count). The minimum Gasteiger partial charge on any atom is -0.508 e. The van der Waals surface area contributed by atoms with Gasteiger partial charge >= 0.3 is 6.09 Å². The van der Waals surface area contributed by atoms with E-state index in [9.17, 15) is 23.9 Å². The lowest BCUT2D eigenvalue weighted by molar-refractivity contribution is -0.124. The molecule has 0 saturated heterocycles. The SMILES string of the molecule is CC(C)(C)OC(=O)N[C@H](CC(=O)NC1(c2ccc(NC(=O)c3cccc(F)c3)cc2)CCC1)c1cccc(O)c1. The summed E-state index contributed by atoms with van der Waals surface area (Å²) < 4.78 is 18.9. The Balaban J connectivity index is 1.45. The van der Waals surface area contributed by atoms with Gasteiger partial charge in [0, 0.05) is 11.3 Å². The van der Waals surface area contributed by atoms with Crippen LogP contribution >= 0.6 is 0 Å². The molecule has 0 unspecified atom stereocenters. The predicted octanol–water partition coefficient (Wildman–Crippen LogP) is 5.94. The minimum absolute atomic E-state index is 0.0222. The maximum absolute atomic E-state index is 13.5. The van der Waals surface area contributed by atoms with Crippen molar-refractivity contribution in [3.05, 3.63) is 95.3 Å². The van der Waals surface area contributed by atoms with Crippen LogP contribution < -0.4 is 16.0 Å². The summed E-state index contributed by atoms with van der Waals surface area (Å²) in [5, 5.41) is 18.6. The highest BCUT2D eigenvalue weighted by molar-refractivity contribution is 6.04. The summed E-state index contributed by atoms with van der Waals surface area (Å²) in [6.45, 7) is 5.25. The molecule has 0 bridgehead atoms. The molecule has 0 aliphatic heterocycles. The van der Waals surface area contributed by atoms with E-state index in [1.54, 1.807) is 45.0 Å². The van der Waals surface area contributed by atoms with E-state index in [-0.39, 0.29) is 23.6 Å². The summed E-state index contributed by atoms with van der Waals surface area (Å²) in [5.41, 5.74) is 0.941. The zero-order valence-electron chi connectivity index (χ0n) is 22.8. The highest BCUT2D eigenvalue weighted by Crippen LogP contribution is 2.42. The zero-order chi connectivity index (χ0) is 28.9. The molecule has 1 aliphatic rings. The number of carbonyl (C=O) groups is 3. The van der Waals surface area contributed by atoms with Gasteiger partial charge in [0.25, 0.3) is 5.91 Å². The number of phenols is 1. The molecule has 8 nitrogen and oxygen atoms in total. The fraction of sp³-hybridized carbons (Fsp3) is 0.323. The lowest BCUT2D eigenvalue weighted by Crippen LogP contribution is -2.51. The lowest BCUT2D eigenvalue weighted by atomic mass is 9.71. The first-order valence-electron chi connectivity index (χ1n) is 13.2. The lowest BCUT2D eigenvalue weighted by Gasteiger charge is -2.43. The first kappa shape index (κ1) is 28.6. The number of rotatable bonds is 8. The summed E-state index contributed by atoms with van der Waals surface area (Å²) in [4.78, 5) is 38.3. The van der Waals surface area contributed by atoms with Gasteiger partial charge in [0.1, 0.15) is 17.2 Å². The molecule has 1 fully saturated rings. The number of hydrogen-bond acceptors (Lipinski definition) is 5. The van der Waals surface area contributed by atoms with Gasteiger partial charge in [-0.1, -0.05) is 30.3 Å². The molecule has 40 heavy (non-hydrogen) atoms. The van der Waals surface area contributed by atoms with Crippen LogP contribution in [0, 0.1) is 5.82 Å². The van der Waals surface area contributed by atoms with Crippen LogP contribution in [0.4, 0.5) is 14.9 Å². The Bertz CT molecular complexity index is 1380. The van der Waals surface area contributed by atoms with Crippen LogP contribution in [0.15, 0.2) is 72.8 Å². The highest BCUT2D eigenvalue weighted by Gasteiger charge is 2.40. The number of benzene rings is 3. The second-order valence-corrected chi connectivity index (χ2v) is 11.0. The predicted molar refractivity (Wildman–Crippen MR) is 149 cm³/mol. The topological polar surface area (TPSA) is 117 Å². The number of nitrogens with one attached hydrogen (secondary N) is 3. The van der Waals surface area contributed by atoms with Crippen LogP contribution in [0.25, 0.3) is 0 Å². The number of aromatic hydroxyl groups is 1. The van der Waals surface area contributed by atoms with Crippen molar-refractivity contribution >= 4 is 23.6 Å². The third-order valence-corrected chi connectivity index (χ3v) is 6.72. The molecular weight excluding hydrogens is 513 g/mol. The van der Waals surface area contributed by atoms with Crippen LogP contribution in [0.3, 0.4) is 0 Å². The van der Waals surface area contributed by atoms with Crippen LogP contribution in [-0.2, 0) is 15.1 Å². The van der Waals surface area contributed by atoms with E-state index in [1.807, 2.05) is 12.1 Å². The van der Waals surface area contributed by atoms with Gasteiger partial charge in [0.2, 0.25) is 5.91 Å². The van der Waals surface area contributed by atoms with Gasteiger partial charge in [-0.25, -0.2) is 9.18 Å². The average molecular weight is 548 g/mol. The van der Waals surface area contributed by atoms with Gasteiger partial charge in [0.15, 0.2) is 0 Å². The van der Waals surface area contributed by atoms with Gasteiger partial charge in [-0.2, -0.15) is 0 Å². The Kier molecular flexibility index (Phi) is 8.42. The Hall–Kier alpha value is -4.40. The van der Waals surface area contributed by atoms with Gasteiger partial charge < -0.3 is 25.8 Å². The standard InChI is InChI=1S/C31H34FN3O5/c1-30(2,3)40-29(39)34-26(20-7-5-10-25(36)18-20)19-27(37)35-31(15-6-16-31)22-11-13-24(14-12-22)33-28(38)21-8-4-9-23(32)17-21/h4-5,7-14,17-18,26,36H,6,15-16,19H2,1-3H3,(H,33,38)(H,34,39)(H,35,37)/t26-/m1/s1. The molecule has 4 N–H and O–H groups in total. The monoisotopic (exact) mass is 547 g/mol. The second kappa shape index (κ2) is 11.8. The molecule has 0 spiro atoms. The van der Waals surface area contributed by atoms with E-state index in [2.05, 4.69) is 16.0 Å². The van der Waals surface area contributed by atoms with Gasteiger partial charge in [0.05, 0.1) is 18.0 Å². The number of hydrogen-bond donors (Lipinski definition) is 4. The molecule has 9 heteroatoms. The maximum Gasteiger partial charge on any atom is 0.408 e. The van der Waals surface area contributed by atoms with E-state index < -0.39 is 35.0 Å². The fourth-order valence-corrected chi connectivity index (χ4v) is 4.67. The summed E-state index contributed by atoms with van der Waals surface area (Å²) >= 11 is 0. The van der Waals surface area contributed by atoms with E-state index in [0.29, 0.717) is 11.3 Å². The number of amides is 3. The third kappa shape index (κ3) is 7.37. The van der Waals surface area contributed by atoms with Crippen molar-refractivity contribution in [2.45, 2.75) is 63.6 Å². The van der Waals surface area contributed by atoms with E-state index >= 15 is 0 Å². The number of phenolic OH excluding ortho intramolecular Hbond substituents is 1. The molecule has 3 aromatic rings. The van der Waals surface area contributed by atoms with Crippen molar-refractivity contribution in [3.8, 4) is 5.75 Å². The summed E-state index contributed by atoms with van der Waals surface area (Å²) in [6, 6.07) is 18.3. The van der Waals surface area contributed by atoms with Crippen molar-refractivity contribution in [1.82, 2.24) is 10.6 Å². The molecule has 210 valence electrons. The second-order valence-electron chi connectivity index (χ2n) is 11.0. The number of ether oxygens (including phenoxy) is 1. The van der Waals surface area contributed by atoms with Crippen molar-refractivity contribution < 1.29 is 28.6 Å². The summed E-state index contributed by atoms with van der Waals surface area (Å²) in [6.07, 6.45) is 1.69. The normalized spacial score (nSPS) is 14.8. The highest BCUT2D eigenvalue weighted by atomic mass is 19.1. The van der Waals surface area contributed by atoms with Crippen LogP contribution in [0.1, 0.15) is 74.0 Å². The third-order valence-electron chi connectivity index (χ3n) is 6.72. The van der Waals surface area contributed by atoms with E-state index in [1.165, 1.54) is 36.4 Å². The number of carbonyl (C=O) groups excluding carboxylic acids is 3. The van der Waals surface area contributed by atoms with E-state index in [4.69, 9.17) is 4.74 Å². The van der Waals surface area contributed by atoms with Crippen LogP contribution in [0.2, 0.25) is 0 Å². The molecule has 3 aromatic carbocycles. The molecular formula is C31H34FN3O5. The first-order chi connectivity index (χ1) is 18.9. The smallest absolute Gasteiger partial charge is 0.408 e. The van der Waals surface area contributed by atoms with Crippen molar-refractivity contribution in [3.63, 3.8) is 0 Å². The molecule has 0 aromatic heterocycles. The van der Waals surface area contributed by atoms with Gasteiger partial charge in [-0.05, 0) is 93.6 Å². The quantitative estimate of drug-likeness (QED) is 0.279. The van der Waals surface area contributed by atoms with Crippen LogP contribution in [-0.4, -0.2) is 28.6 Å².